The molecule has 2 N–H and O–H groups in total. The first-order valence-corrected chi connectivity index (χ1v) is 9.94. The maximum absolute atomic E-state index is 12.8. The summed E-state index contributed by atoms with van der Waals surface area (Å²) < 4.78 is 17.0. The molecule has 0 saturated heterocycles. The lowest BCUT2D eigenvalue weighted by Crippen LogP contribution is -2.39. The number of methoxy groups -OCH3 is 2. The van der Waals surface area contributed by atoms with Gasteiger partial charge in [0.25, 0.3) is 5.91 Å². The molecule has 0 radical (unpaired) electrons. The lowest BCUT2D eigenvalue weighted by Gasteiger charge is -2.30. The van der Waals surface area contributed by atoms with Crippen LogP contribution in [-0.4, -0.2) is 37.3 Å². The molecule has 1 aromatic heterocycles. The maximum atomic E-state index is 12.8. The van der Waals surface area contributed by atoms with Crippen LogP contribution in [0, 0.1) is 0 Å². The van der Waals surface area contributed by atoms with Crippen LogP contribution in [0.2, 0.25) is 0 Å². The minimum absolute atomic E-state index is 0.0307. The molecule has 0 unspecified atom stereocenters. The quantitative estimate of drug-likeness (QED) is 0.654. The van der Waals surface area contributed by atoms with Crippen LogP contribution >= 0.6 is 0 Å². The van der Waals surface area contributed by atoms with Gasteiger partial charge in [0.05, 0.1) is 31.4 Å². The predicted molar refractivity (Wildman–Crippen MR) is 112 cm³/mol. The molecule has 6 nitrogen and oxygen atoms in total. The van der Waals surface area contributed by atoms with Crippen molar-refractivity contribution in [3.8, 4) is 17.2 Å². The summed E-state index contributed by atoms with van der Waals surface area (Å²) in [5, 5.41) is 4.23. The zero-order valence-electron chi connectivity index (χ0n) is 16.7. The standard InChI is InChI=1S/C23H26N2O4/c1-27-19-7-4-8-20(22(19)28-2)29-17-11-9-16(10-12-17)25-23(26)18-6-3-5-15-13-14-24-21(15)18/h3-8,13-14,16-17,24H,9-12H2,1-2H3,(H,25,26). The minimum Gasteiger partial charge on any atom is -0.493 e. The third-order valence-electron chi connectivity index (χ3n) is 5.50. The van der Waals surface area contributed by atoms with Crippen LogP contribution in [0.5, 0.6) is 17.2 Å². The molecule has 4 rings (SSSR count). The van der Waals surface area contributed by atoms with Crippen LogP contribution in [0.1, 0.15) is 36.0 Å². The van der Waals surface area contributed by atoms with Crippen molar-refractivity contribution in [1.29, 1.82) is 0 Å². The van der Waals surface area contributed by atoms with Gasteiger partial charge in [-0.3, -0.25) is 4.79 Å². The zero-order valence-corrected chi connectivity index (χ0v) is 16.7. The van der Waals surface area contributed by atoms with Gasteiger partial charge in [-0.1, -0.05) is 18.2 Å². The van der Waals surface area contributed by atoms with Crippen molar-refractivity contribution in [1.82, 2.24) is 10.3 Å². The Morgan fingerprint density at radius 1 is 0.966 bits per heavy atom. The van der Waals surface area contributed by atoms with Crippen molar-refractivity contribution in [2.45, 2.75) is 37.8 Å². The molecule has 1 fully saturated rings. The lowest BCUT2D eigenvalue weighted by molar-refractivity contribution is 0.0892. The average Bonchev–Trinajstić information content (AvgIpc) is 3.23. The number of para-hydroxylation sites is 2. The summed E-state index contributed by atoms with van der Waals surface area (Å²) in [5.41, 5.74) is 1.57. The molecule has 152 valence electrons. The largest absolute Gasteiger partial charge is 0.493 e. The van der Waals surface area contributed by atoms with Crippen molar-refractivity contribution >= 4 is 16.8 Å². The number of carbonyl (C=O) groups excluding carboxylic acids is 1. The Bertz CT molecular complexity index is 989. The van der Waals surface area contributed by atoms with Gasteiger partial charge in [0.2, 0.25) is 5.75 Å². The number of benzene rings is 2. The summed E-state index contributed by atoms with van der Waals surface area (Å²) in [6, 6.07) is 13.5. The van der Waals surface area contributed by atoms with Gasteiger partial charge in [0, 0.05) is 17.6 Å². The summed E-state index contributed by atoms with van der Waals surface area (Å²) in [5.74, 6) is 1.93. The van der Waals surface area contributed by atoms with Gasteiger partial charge in [-0.25, -0.2) is 0 Å². The highest BCUT2D eigenvalue weighted by Crippen LogP contribution is 2.38. The number of aromatic amines is 1. The highest BCUT2D eigenvalue weighted by Gasteiger charge is 2.25. The molecule has 1 heterocycles. The number of amides is 1. The van der Waals surface area contributed by atoms with E-state index in [0.717, 1.165) is 36.6 Å². The smallest absolute Gasteiger partial charge is 0.253 e. The van der Waals surface area contributed by atoms with Crippen LogP contribution in [0.15, 0.2) is 48.7 Å². The fourth-order valence-corrected chi connectivity index (χ4v) is 3.99. The number of carbonyl (C=O) groups is 1. The maximum Gasteiger partial charge on any atom is 0.253 e. The number of aromatic nitrogens is 1. The Kier molecular flexibility index (Phi) is 5.60. The van der Waals surface area contributed by atoms with Gasteiger partial charge in [0.1, 0.15) is 0 Å². The molecule has 29 heavy (non-hydrogen) atoms. The van der Waals surface area contributed by atoms with E-state index in [1.165, 1.54) is 0 Å². The van der Waals surface area contributed by atoms with Crippen LogP contribution in [0.4, 0.5) is 0 Å². The van der Waals surface area contributed by atoms with Crippen LogP contribution in [-0.2, 0) is 0 Å². The third kappa shape index (κ3) is 4.01. The second-order valence-corrected chi connectivity index (χ2v) is 7.30. The first-order chi connectivity index (χ1) is 14.2. The highest BCUT2D eigenvalue weighted by molar-refractivity contribution is 6.05. The Hall–Kier alpha value is -3.15. The predicted octanol–water partition coefficient (Wildman–Crippen LogP) is 4.31. The number of ether oxygens (including phenoxy) is 3. The number of hydrogen-bond acceptors (Lipinski definition) is 4. The highest BCUT2D eigenvalue weighted by atomic mass is 16.5. The van der Waals surface area contributed by atoms with E-state index in [1.807, 2.05) is 48.7 Å². The number of nitrogens with one attached hydrogen (secondary N) is 2. The number of hydrogen-bond donors (Lipinski definition) is 2. The topological polar surface area (TPSA) is 72.6 Å². The van der Waals surface area contributed by atoms with Gasteiger partial charge in [0.15, 0.2) is 11.5 Å². The van der Waals surface area contributed by atoms with E-state index >= 15 is 0 Å². The van der Waals surface area contributed by atoms with Gasteiger partial charge in [-0.15, -0.1) is 0 Å². The molecular weight excluding hydrogens is 368 g/mol. The number of H-pyrrole nitrogens is 1. The second-order valence-electron chi connectivity index (χ2n) is 7.30. The first-order valence-electron chi connectivity index (χ1n) is 9.94. The van der Waals surface area contributed by atoms with Crippen LogP contribution in [0.3, 0.4) is 0 Å². The van der Waals surface area contributed by atoms with Crippen molar-refractivity contribution in [3.63, 3.8) is 0 Å². The monoisotopic (exact) mass is 394 g/mol. The number of fused-ring (bicyclic) bond motifs is 1. The molecular formula is C23H26N2O4. The molecule has 2 aromatic carbocycles. The van der Waals surface area contributed by atoms with Gasteiger partial charge >= 0.3 is 0 Å². The van der Waals surface area contributed by atoms with E-state index in [1.54, 1.807) is 14.2 Å². The van der Waals surface area contributed by atoms with E-state index in [9.17, 15) is 4.79 Å². The Labute approximate surface area is 170 Å². The lowest BCUT2D eigenvalue weighted by atomic mass is 9.92. The van der Waals surface area contributed by atoms with E-state index in [4.69, 9.17) is 14.2 Å². The number of rotatable bonds is 6. The van der Waals surface area contributed by atoms with Gasteiger partial charge in [-0.05, 0) is 49.9 Å². The molecule has 1 saturated carbocycles. The third-order valence-corrected chi connectivity index (χ3v) is 5.50. The molecule has 0 atom stereocenters. The normalized spacial score (nSPS) is 19.0. The van der Waals surface area contributed by atoms with Crippen molar-refractivity contribution in [2.75, 3.05) is 14.2 Å². The summed E-state index contributed by atoms with van der Waals surface area (Å²) >= 11 is 0. The van der Waals surface area contributed by atoms with Crippen molar-refractivity contribution < 1.29 is 19.0 Å². The van der Waals surface area contributed by atoms with Crippen molar-refractivity contribution in [2.24, 2.45) is 0 Å². The van der Waals surface area contributed by atoms with E-state index in [-0.39, 0.29) is 18.1 Å². The summed E-state index contributed by atoms with van der Waals surface area (Å²) in [6.45, 7) is 0. The Balaban J connectivity index is 1.35. The molecule has 0 bridgehead atoms. The molecule has 1 aliphatic rings. The SMILES string of the molecule is COc1cccc(OC2CCC(NC(=O)c3cccc4cc[nH]c34)CC2)c1OC. The summed E-state index contributed by atoms with van der Waals surface area (Å²) in [4.78, 5) is 15.9. The molecule has 0 aliphatic heterocycles. The van der Waals surface area contributed by atoms with E-state index in [0.29, 0.717) is 22.8 Å². The van der Waals surface area contributed by atoms with Crippen LogP contribution in [0.25, 0.3) is 10.9 Å². The summed E-state index contributed by atoms with van der Waals surface area (Å²) in [6.07, 6.45) is 5.45. The van der Waals surface area contributed by atoms with Gasteiger partial charge in [-0.2, -0.15) is 0 Å². The molecule has 0 spiro atoms. The minimum atomic E-state index is -0.0307. The Morgan fingerprint density at radius 3 is 2.48 bits per heavy atom. The van der Waals surface area contributed by atoms with Gasteiger partial charge < -0.3 is 24.5 Å². The summed E-state index contributed by atoms with van der Waals surface area (Å²) in [7, 11) is 3.23. The molecule has 1 amide bonds. The first kappa shape index (κ1) is 19.2. The fourth-order valence-electron chi connectivity index (χ4n) is 3.99. The average molecular weight is 394 g/mol. The van der Waals surface area contributed by atoms with E-state index in [2.05, 4.69) is 10.3 Å². The fraction of sp³-hybridized carbons (Fsp3) is 0.348. The second kappa shape index (κ2) is 8.47. The molecule has 1 aliphatic carbocycles. The Morgan fingerprint density at radius 2 is 1.72 bits per heavy atom. The van der Waals surface area contributed by atoms with Crippen LogP contribution < -0.4 is 19.5 Å². The van der Waals surface area contributed by atoms with Crippen molar-refractivity contribution in [3.05, 3.63) is 54.2 Å². The van der Waals surface area contributed by atoms with E-state index < -0.39 is 0 Å². The zero-order chi connectivity index (χ0) is 20.2. The molecule has 3 aromatic rings. The molecule has 6 heteroatoms.